The third-order valence-electron chi connectivity index (χ3n) is 3.62. The summed E-state index contributed by atoms with van der Waals surface area (Å²) in [6.45, 7) is 8.42. The van der Waals surface area contributed by atoms with Gasteiger partial charge in [0.05, 0.1) is 6.61 Å². The van der Waals surface area contributed by atoms with Crippen LogP contribution in [0.2, 0.25) is 0 Å². The summed E-state index contributed by atoms with van der Waals surface area (Å²) < 4.78 is 5.02. The van der Waals surface area contributed by atoms with Gasteiger partial charge in [-0.05, 0) is 32.6 Å². The minimum atomic E-state index is -0.156. The number of hydrogen-bond donors (Lipinski definition) is 1. The summed E-state index contributed by atoms with van der Waals surface area (Å²) in [5.41, 5.74) is 0. The fraction of sp³-hybridized carbons (Fsp3) is 0.929. The van der Waals surface area contributed by atoms with Gasteiger partial charge in [0.2, 0.25) is 0 Å². The molecule has 4 heteroatoms. The molecule has 0 aromatic carbocycles. The molecule has 1 fully saturated rings. The Kier molecular flexibility index (Phi) is 7.09. The van der Waals surface area contributed by atoms with Crippen LogP contribution >= 0.6 is 0 Å². The van der Waals surface area contributed by atoms with Crippen molar-refractivity contribution >= 4 is 6.09 Å². The topological polar surface area (TPSA) is 41.6 Å². The number of carbonyl (C=O) groups excluding carboxylic acids is 1. The summed E-state index contributed by atoms with van der Waals surface area (Å²) in [7, 11) is 0. The van der Waals surface area contributed by atoms with Crippen LogP contribution in [-0.4, -0.2) is 42.8 Å². The van der Waals surface area contributed by atoms with Crippen LogP contribution in [-0.2, 0) is 4.74 Å². The number of rotatable bonds is 6. The summed E-state index contributed by atoms with van der Waals surface area (Å²) in [6, 6.07) is 1.20. The maximum Gasteiger partial charge on any atom is 0.409 e. The van der Waals surface area contributed by atoms with E-state index in [1.807, 2.05) is 11.8 Å². The Hall–Kier alpha value is -0.770. The van der Waals surface area contributed by atoms with Gasteiger partial charge in [0.25, 0.3) is 0 Å². The lowest BCUT2D eigenvalue weighted by Gasteiger charge is -2.33. The lowest BCUT2D eigenvalue weighted by atomic mass is 10.0. The first-order chi connectivity index (χ1) is 8.71. The van der Waals surface area contributed by atoms with E-state index in [0.29, 0.717) is 18.7 Å². The summed E-state index contributed by atoms with van der Waals surface area (Å²) in [5, 5.41) is 3.72. The Morgan fingerprint density at radius 1 is 1.33 bits per heavy atom. The van der Waals surface area contributed by atoms with Crippen LogP contribution in [0.25, 0.3) is 0 Å². The number of amides is 1. The van der Waals surface area contributed by atoms with Crippen molar-refractivity contribution in [3.05, 3.63) is 0 Å². The largest absolute Gasteiger partial charge is 0.450 e. The molecule has 106 valence electrons. The predicted octanol–water partition coefficient (Wildman–Crippen LogP) is 2.78. The molecule has 1 atom stereocenters. The molecule has 0 spiro atoms. The summed E-state index contributed by atoms with van der Waals surface area (Å²) in [5.74, 6) is 0. The van der Waals surface area contributed by atoms with Crippen LogP contribution in [0.5, 0.6) is 0 Å². The predicted molar refractivity (Wildman–Crippen MR) is 73.7 cm³/mol. The van der Waals surface area contributed by atoms with Crippen molar-refractivity contribution in [2.24, 2.45) is 0 Å². The second-order valence-corrected chi connectivity index (χ2v) is 5.02. The first-order valence-electron chi connectivity index (χ1n) is 7.38. The summed E-state index contributed by atoms with van der Waals surface area (Å²) >= 11 is 0. The Bertz CT molecular complexity index is 238. The van der Waals surface area contributed by atoms with Crippen molar-refractivity contribution in [2.75, 3.05) is 19.7 Å². The van der Waals surface area contributed by atoms with Crippen LogP contribution in [0.1, 0.15) is 52.9 Å². The number of piperidine rings is 1. The van der Waals surface area contributed by atoms with Gasteiger partial charge in [-0.2, -0.15) is 0 Å². The van der Waals surface area contributed by atoms with Crippen molar-refractivity contribution in [1.29, 1.82) is 0 Å². The van der Waals surface area contributed by atoms with E-state index in [4.69, 9.17) is 4.74 Å². The fourth-order valence-electron chi connectivity index (χ4n) is 2.53. The zero-order chi connectivity index (χ0) is 13.4. The molecule has 1 saturated heterocycles. The second kappa shape index (κ2) is 8.35. The van der Waals surface area contributed by atoms with Gasteiger partial charge in [-0.1, -0.05) is 20.3 Å². The molecule has 1 unspecified atom stereocenters. The van der Waals surface area contributed by atoms with Gasteiger partial charge in [0, 0.05) is 25.2 Å². The molecule has 0 aliphatic carbocycles. The Balaban J connectivity index is 2.28. The number of likely N-dealkylation sites (tertiary alicyclic amines) is 1. The molecule has 0 aromatic heterocycles. The smallest absolute Gasteiger partial charge is 0.409 e. The van der Waals surface area contributed by atoms with Crippen molar-refractivity contribution in [3.63, 3.8) is 0 Å². The summed E-state index contributed by atoms with van der Waals surface area (Å²) in [4.78, 5) is 13.4. The Labute approximate surface area is 111 Å². The molecular weight excluding hydrogens is 228 g/mol. The van der Waals surface area contributed by atoms with Gasteiger partial charge in [-0.15, -0.1) is 0 Å². The summed E-state index contributed by atoms with van der Waals surface area (Å²) in [6.07, 6.45) is 5.59. The lowest BCUT2D eigenvalue weighted by molar-refractivity contribution is 0.0940. The van der Waals surface area contributed by atoms with E-state index in [-0.39, 0.29) is 6.09 Å². The van der Waals surface area contributed by atoms with Crippen LogP contribution < -0.4 is 5.32 Å². The zero-order valence-electron chi connectivity index (χ0n) is 12.1. The van der Waals surface area contributed by atoms with E-state index in [1.54, 1.807) is 0 Å². The molecule has 1 aliphatic rings. The maximum atomic E-state index is 11.6. The van der Waals surface area contributed by atoms with Crippen LogP contribution in [0.4, 0.5) is 4.79 Å². The van der Waals surface area contributed by atoms with Crippen molar-refractivity contribution in [2.45, 2.75) is 65.0 Å². The fourth-order valence-corrected chi connectivity index (χ4v) is 2.53. The van der Waals surface area contributed by atoms with Gasteiger partial charge >= 0.3 is 6.09 Å². The SMILES string of the molecule is CCCC(CC)NC1CCN(C(=O)OCC)CC1. The van der Waals surface area contributed by atoms with Gasteiger partial charge in [0.15, 0.2) is 0 Å². The standard InChI is InChI=1S/C14H28N2O2/c1-4-7-12(5-2)15-13-8-10-16(11-9-13)14(17)18-6-3/h12-13,15H,4-11H2,1-3H3. The molecule has 18 heavy (non-hydrogen) atoms. The lowest BCUT2D eigenvalue weighted by Crippen LogP contribution is -2.47. The van der Waals surface area contributed by atoms with E-state index < -0.39 is 0 Å². The highest BCUT2D eigenvalue weighted by atomic mass is 16.6. The number of hydrogen-bond acceptors (Lipinski definition) is 3. The third kappa shape index (κ3) is 4.84. The van der Waals surface area contributed by atoms with Crippen molar-refractivity contribution in [1.82, 2.24) is 10.2 Å². The molecular formula is C14H28N2O2. The maximum absolute atomic E-state index is 11.6. The minimum absolute atomic E-state index is 0.156. The average molecular weight is 256 g/mol. The average Bonchev–Trinajstić information content (AvgIpc) is 2.39. The van der Waals surface area contributed by atoms with E-state index in [1.165, 1.54) is 19.3 Å². The molecule has 0 bridgehead atoms. The molecule has 4 nitrogen and oxygen atoms in total. The quantitative estimate of drug-likeness (QED) is 0.794. The monoisotopic (exact) mass is 256 g/mol. The second-order valence-electron chi connectivity index (χ2n) is 5.02. The van der Waals surface area contributed by atoms with Crippen LogP contribution in [0, 0.1) is 0 Å². The highest BCUT2D eigenvalue weighted by Crippen LogP contribution is 2.14. The van der Waals surface area contributed by atoms with E-state index in [9.17, 15) is 4.79 Å². The molecule has 0 saturated carbocycles. The first kappa shape index (κ1) is 15.3. The molecule has 1 rings (SSSR count). The highest BCUT2D eigenvalue weighted by molar-refractivity contribution is 5.67. The Morgan fingerprint density at radius 3 is 2.50 bits per heavy atom. The molecule has 1 N–H and O–H groups in total. The van der Waals surface area contributed by atoms with Crippen LogP contribution in [0.3, 0.4) is 0 Å². The van der Waals surface area contributed by atoms with Crippen LogP contribution in [0.15, 0.2) is 0 Å². The molecule has 0 aromatic rings. The normalized spacial score (nSPS) is 18.7. The van der Waals surface area contributed by atoms with Crippen molar-refractivity contribution in [3.8, 4) is 0 Å². The minimum Gasteiger partial charge on any atom is -0.450 e. The number of ether oxygens (including phenoxy) is 1. The first-order valence-corrected chi connectivity index (χ1v) is 7.38. The third-order valence-corrected chi connectivity index (χ3v) is 3.62. The molecule has 0 radical (unpaired) electrons. The molecule has 1 heterocycles. The number of carbonyl (C=O) groups is 1. The van der Waals surface area contributed by atoms with Gasteiger partial charge < -0.3 is 15.0 Å². The number of nitrogens with zero attached hydrogens (tertiary/aromatic N) is 1. The van der Waals surface area contributed by atoms with E-state index in [0.717, 1.165) is 25.9 Å². The number of nitrogens with one attached hydrogen (secondary N) is 1. The highest BCUT2D eigenvalue weighted by Gasteiger charge is 2.24. The Morgan fingerprint density at radius 2 is 2.00 bits per heavy atom. The van der Waals surface area contributed by atoms with Gasteiger partial charge in [0.1, 0.15) is 0 Å². The zero-order valence-corrected chi connectivity index (χ0v) is 12.1. The van der Waals surface area contributed by atoms with E-state index >= 15 is 0 Å². The molecule has 1 aliphatic heterocycles. The van der Waals surface area contributed by atoms with Crippen molar-refractivity contribution < 1.29 is 9.53 Å². The molecule has 1 amide bonds. The van der Waals surface area contributed by atoms with E-state index in [2.05, 4.69) is 19.2 Å². The van der Waals surface area contributed by atoms with Gasteiger partial charge in [-0.25, -0.2) is 4.79 Å². The van der Waals surface area contributed by atoms with Gasteiger partial charge in [-0.3, -0.25) is 0 Å².